The Bertz CT molecular complexity index is 737. The zero-order valence-corrected chi connectivity index (χ0v) is 13.5. The van der Waals surface area contributed by atoms with Crippen LogP contribution >= 0.6 is 11.3 Å². The normalized spacial score (nSPS) is 10.5. The number of aromatic nitrogens is 3. The zero-order valence-electron chi connectivity index (χ0n) is 12.7. The molecule has 6 nitrogen and oxygen atoms in total. The summed E-state index contributed by atoms with van der Waals surface area (Å²) in [6.45, 7) is 0.911. The van der Waals surface area contributed by atoms with Gasteiger partial charge in [0.15, 0.2) is 0 Å². The van der Waals surface area contributed by atoms with Crippen molar-refractivity contribution in [2.75, 3.05) is 18.9 Å². The lowest BCUT2D eigenvalue weighted by molar-refractivity contribution is -0.128. The van der Waals surface area contributed by atoms with Crippen LogP contribution in [0.15, 0.2) is 54.4 Å². The van der Waals surface area contributed by atoms with Gasteiger partial charge in [0.05, 0.1) is 18.8 Å². The van der Waals surface area contributed by atoms with Crippen molar-refractivity contribution in [2.24, 2.45) is 0 Å². The second-order valence-corrected chi connectivity index (χ2v) is 6.10. The summed E-state index contributed by atoms with van der Waals surface area (Å²) in [5.41, 5.74) is 1.82. The van der Waals surface area contributed by atoms with Gasteiger partial charge in [0.2, 0.25) is 5.91 Å². The Balaban J connectivity index is 1.52. The van der Waals surface area contributed by atoms with Crippen LogP contribution < -0.4 is 5.32 Å². The molecule has 3 aromatic rings. The predicted octanol–water partition coefficient (Wildman–Crippen LogP) is 2.40. The first-order valence-electron chi connectivity index (χ1n) is 7.17. The molecule has 2 aromatic heterocycles. The van der Waals surface area contributed by atoms with Gasteiger partial charge in [0, 0.05) is 17.6 Å². The van der Waals surface area contributed by atoms with Crippen LogP contribution in [0.2, 0.25) is 0 Å². The average molecular weight is 327 g/mol. The van der Waals surface area contributed by atoms with E-state index in [9.17, 15) is 4.79 Å². The van der Waals surface area contributed by atoms with E-state index in [0.717, 1.165) is 11.4 Å². The number of benzene rings is 1. The lowest BCUT2D eigenvalue weighted by Crippen LogP contribution is -2.31. The van der Waals surface area contributed by atoms with E-state index >= 15 is 0 Å². The summed E-state index contributed by atoms with van der Waals surface area (Å²) < 4.78 is 1.68. The molecule has 2 heterocycles. The number of hydrogen-bond donors (Lipinski definition) is 1. The molecule has 23 heavy (non-hydrogen) atoms. The molecule has 7 heteroatoms. The van der Waals surface area contributed by atoms with Crippen molar-refractivity contribution >= 4 is 22.9 Å². The van der Waals surface area contributed by atoms with Gasteiger partial charge >= 0.3 is 0 Å². The molecule has 0 radical (unpaired) electrons. The van der Waals surface area contributed by atoms with Crippen molar-refractivity contribution < 1.29 is 4.79 Å². The Hall–Kier alpha value is -2.67. The highest BCUT2D eigenvalue weighted by molar-refractivity contribution is 7.09. The molecule has 0 unspecified atom stereocenters. The molecule has 0 bridgehead atoms. The molecule has 1 aromatic carbocycles. The summed E-state index contributed by atoms with van der Waals surface area (Å²) in [5, 5.41) is 9.24. The largest absolute Gasteiger partial charge is 0.376 e. The Morgan fingerprint density at radius 2 is 2.13 bits per heavy atom. The molecule has 0 fully saturated rings. The highest BCUT2D eigenvalue weighted by Crippen LogP contribution is 2.13. The number of nitrogens with one attached hydrogen (secondary N) is 1. The van der Waals surface area contributed by atoms with Crippen LogP contribution in [-0.2, 0) is 11.3 Å². The average Bonchev–Trinajstić information content (AvgIpc) is 3.26. The number of nitrogens with zero attached hydrogens (tertiary/aromatic N) is 4. The molecule has 0 aliphatic rings. The topological polar surface area (TPSA) is 63.1 Å². The first kappa shape index (κ1) is 15.2. The molecular weight excluding hydrogens is 310 g/mol. The van der Waals surface area contributed by atoms with E-state index in [0.29, 0.717) is 6.54 Å². The summed E-state index contributed by atoms with van der Waals surface area (Å²) in [5.74, 6) is 0.0544. The number of hydrogen-bond acceptors (Lipinski definition) is 5. The third-order valence-corrected chi connectivity index (χ3v) is 4.25. The summed E-state index contributed by atoms with van der Waals surface area (Å²) in [6, 6.07) is 11.7. The molecule has 0 saturated carbocycles. The molecule has 0 atom stereocenters. The van der Waals surface area contributed by atoms with Crippen molar-refractivity contribution in [3.8, 4) is 5.69 Å². The zero-order chi connectivity index (χ0) is 16.1. The second kappa shape index (κ2) is 7.06. The van der Waals surface area contributed by atoms with Gasteiger partial charge in [0.25, 0.3) is 0 Å². The Morgan fingerprint density at radius 3 is 2.78 bits per heavy atom. The fourth-order valence-corrected chi connectivity index (χ4v) is 2.87. The first-order chi connectivity index (χ1) is 11.2. The molecule has 0 saturated heterocycles. The standard InChI is InChI=1S/C16H17N5OS/c1-20(10-15-3-2-8-23-15)16(22)9-18-13-4-6-14(7-5-13)21-12-17-11-19-21/h2-8,11-12,18H,9-10H2,1H3. The van der Waals surface area contributed by atoms with Crippen LogP contribution in [0.3, 0.4) is 0 Å². The SMILES string of the molecule is CN(Cc1cccs1)C(=O)CNc1ccc(-n2cncn2)cc1. The fraction of sp³-hybridized carbons (Fsp3) is 0.188. The first-order valence-corrected chi connectivity index (χ1v) is 8.05. The van der Waals surface area contributed by atoms with E-state index in [1.165, 1.54) is 11.2 Å². The maximum Gasteiger partial charge on any atom is 0.241 e. The molecule has 1 amide bonds. The predicted molar refractivity (Wildman–Crippen MR) is 90.6 cm³/mol. The van der Waals surface area contributed by atoms with Crippen LogP contribution in [0, 0.1) is 0 Å². The number of carbonyl (C=O) groups is 1. The van der Waals surface area contributed by atoms with Crippen molar-refractivity contribution in [2.45, 2.75) is 6.54 Å². The van der Waals surface area contributed by atoms with Crippen LogP contribution in [0.1, 0.15) is 4.88 Å². The Kier molecular flexibility index (Phi) is 4.68. The maximum atomic E-state index is 12.1. The van der Waals surface area contributed by atoms with Gasteiger partial charge in [-0.25, -0.2) is 9.67 Å². The third-order valence-electron chi connectivity index (χ3n) is 3.39. The number of rotatable bonds is 6. The van der Waals surface area contributed by atoms with E-state index in [2.05, 4.69) is 15.4 Å². The highest BCUT2D eigenvalue weighted by atomic mass is 32.1. The Morgan fingerprint density at radius 1 is 1.30 bits per heavy atom. The Labute approximate surface area is 138 Å². The van der Waals surface area contributed by atoms with Crippen LogP contribution in [0.25, 0.3) is 5.69 Å². The number of likely N-dealkylation sites (N-methyl/N-ethyl adjacent to an activating group) is 1. The lowest BCUT2D eigenvalue weighted by Gasteiger charge is -2.17. The molecule has 0 aliphatic carbocycles. The fourth-order valence-electron chi connectivity index (χ4n) is 2.11. The third kappa shape index (κ3) is 3.95. The smallest absolute Gasteiger partial charge is 0.241 e. The molecule has 0 aliphatic heterocycles. The van der Waals surface area contributed by atoms with Gasteiger partial charge in [-0.05, 0) is 35.7 Å². The minimum atomic E-state index is 0.0544. The van der Waals surface area contributed by atoms with Gasteiger partial charge < -0.3 is 10.2 Å². The molecule has 0 spiro atoms. The van der Waals surface area contributed by atoms with Crippen molar-refractivity contribution in [1.29, 1.82) is 0 Å². The monoisotopic (exact) mass is 327 g/mol. The van der Waals surface area contributed by atoms with Gasteiger partial charge in [-0.1, -0.05) is 6.07 Å². The van der Waals surface area contributed by atoms with E-state index in [-0.39, 0.29) is 12.5 Å². The van der Waals surface area contributed by atoms with E-state index in [4.69, 9.17) is 0 Å². The highest BCUT2D eigenvalue weighted by Gasteiger charge is 2.09. The minimum absolute atomic E-state index is 0.0544. The van der Waals surface area contributed by atoms with Gasteiger partial charge in [0.1, 0.15) is 12.7 Å². The quantitative estimate of drug-likeness (QED) is 0.755. The van der Waals surface area contributed by atoms with E-state index in [1.54, 1.807) is 27.2 Å². The van der Waals surface area contributed by atoms with Crippen molar-refractivity contribution in [1.82, 2.24) is 19.7 Å². The number of thiophene rings is 1. The maximum absolute atomic E-state index is 12.1. The van der Waals surface area contributed by atoms with Crippen molar-refractivity contribution in [3.05, 3.63) is 59.3 Å². The summed E-state index contributed by atoms with van der Waals surface area (Å²) in [6.07, 6.45) is 3.14. The molecule has 118 valence electrons. The van der Waals surface area contributed by atoms with Crippen LogP contribution in [0.5, 0.6) is 0 Å². The molecular formula is C16H17N5OS. The van der Waals surface area contributed by atoms with Crippen molar-refractivity contribution in [3.63, 3.8) is 0 Å². The lowest BCUT2D eigenvalue weighted by atomic mass is 10.3. The summed E-state index contributed by atoms with van der Waals surface area (Å²) in [4.78, 5) is 19.0. The summed E-state index contributed by atoms with van der Waals surface area (Å²) in [7, 11) is 1.82. The van der Waals surface area contributed by atoms with Crippen LogP contribution in [-0.4, -0.2) is 39.2 Å². The van der Waals surface area contributed by atoms with Gasteiger partial charge in [-0.15, -0.1) is 11.3 Å². The number of anilines is 1. The van der Waals surface area contributed by atoms with E-state index < -0.39 is 0 Å². The van der Waals surface area contributed by atoms with Gasteiger partial charge in [-0.2, -0.15) is 5.10 Å². The summed E-state index contributed by atoms with van der Waals surface area (Å²) >= 11 is 1.66. The van der Waals surface area contributed by atoms with Crippen LogP contribution in [0.4, 0.5) is 5.69 Å². The minimum Gasteiger partial charge on any atom is -0.376 e. The number of carbonyl (C=O) groups excluding carboxylic acids is 1. The molecule has 3 rings (SSSR count). The molecule has 1 N–H and O–H groups in total. The van der Waals surface area contributed by atoms with E-state index in [1.807, 2.05) is 48.8 Å². The number of amides is 1. The second-order valence-electron chi connectivity index (χ2n) is 5.07. The van der Waals surface area contributed by atoms with Gasteiger partial charge in [-0.3, -0.25) is 4.79 Å².